The van der Waals surface area contributed by atoms with Crippen molar-refractivity contribution in [2.45, 2.75) is 38.0 Å². The van der Waals surface area contributed by atoms with Crippen LogP contribution in [-0.4, -0.2) is 5.11 Å². The highest BCUT2D eigenvalue weighted by Gasteiger charge is 2.14. The van der Waals surface area contributed by atoms with Gasteiger partial charge in [-0.3, -0.25) is 0 Å². The van der Waals surface area contributed by atoms with Crippen LogP contribution in [0.25, 0.3) is 0 Å². The zero-order valence-electron chi connectivity index (χ0n) is 11.3. The van der Waals surface area contributed by atoms with Crippen LogP contribution in [0.4, 0.5) is 0 Å². The van der Waals surface area contributed by atoms with E-state index in [1.54, 1.807) is 12.1 Å². The van der Waals surface area contributed by atoms with Crippen LogP contribution in [0.5, 0.6) is 5.75 Å². The van der Waals surface area contributed by atoms with E-state index in [0.717, 1.165) is 5.92 Å². The molecular formula is C18H22O. The standard InChI is InChI=1S/C12H16O.C6H6/c13-12-8-6-11(7-9-12)10-4-2-1-3-5-10;1-2-4-6-5-3-1/h6-10,13H,1-5H2;1-6H. The van der Waals surface area contributed by atoms with Crippen LogP contribution in [0.15, 0.2) is 60.7 Å². The molecular weight excluding hydrogens is 232 g/mol. The van der Waals surface area contributed by atoms with E-state index in [0.29, 0.717) is 5.75 Å². The van der Waals surface area contributed by atoms with E-state index in [4.69, 9.17) is 5.11 Å². The molecule has 2 aromatic carbocycles. The molecule has 2 aromatic rings. The summed E-state index contributed by atoms with van der Waals surface area (Å²) in [5.74, 6) is 1.12. The van der Waals surface area contributed by atoms with E-state index >= 15 is 0 Å². The van der Waals surface area contributed by atoms with Crippen molar-refractivity contribution in [1.29, 1.82) is 0 Å². The minimum absolute atomic E-state index is 0.375. The first-order valence-electron chi connectivity index (χ1n) is 7.15. The van der Waals surface area contributed by atoms with Gasteiger partial charge >= 0.3 is 0 Å². The highest BCUT2D eigenvalue weighted by Crippen LogP contribution is 2.32. The second kappa shape index (κ2) is 7.63. The van der Waals surface area contributed by atoms with Crippen molar-refractivity contribution in [2.75, 3.05) is 0 Å². The van der Waals surface area contributed by atoms with Crippen molar-refractivity contribution >= 4 is 0 Å². The first-order valence-corrected chi connectivity index (χ1v) is 7.15. The first-order chi connectivity index (χ1) is 9.36. The molecule has 0 amide bonds. The van der Waals surface area contributed by atoms with Gasteiger partial charge in [0.25, 0.3) is 0 Å². The largest absolute Gasteiger partial charge is 0.508 e. The first kappa shape index (κ1) is 13.7. The van der Waals surface area contributed by atoms with E-state index in [9.17, 15) is 0 Å². The number of aromatic hydroxyl groups is 1. The molecule has 0 aromatic heterocycles. The average molecular weight is 254 g/mol. The predicted octanol–water partition coefficient (Wildman–Crippen LogP) is 5.13. The summed E-state index contributed by atoms with van der Waals surface area (Å²) in [7, 11) is 0. The highest BCUT2D eigenvalue weighted by atomic mass is 16.3. The van der Waals surface area contributed by atoms with Crippen LogP contribution in [-0.2, 0) is 0 Å². The molecule has 19 heavy (non-hydrogen) atoms. The van der Waals surface area contributed by atoms with E-state index in [1.807, 2.05) is 36.4 Å². The Labute approximate surface area is 115 Å². The van der Waals surface area contributed by atoms with Gasteiger partial charge in [-0.15, -0.1) is 0 Å². The lowest BCUT2D eigenvalue weighted by Crippen LogP contribution is -2.03. The molecule has 1 aliphatic rings. The van der Waals surface area contributed by atoms with E-state index < -0.39 is 0 Å². The third-order valence-corrected chi connectivity index (χ3v) is 3.64. The maximum atomic E-state index is 9.16. The molecule has 3 rings (SSSR count). The van der Waals surface area contributed by atoms with Crippen LogP contribution in [0, 0.1) is 0 Å². The Kier molecular flexibility index (Phi) is 5.49. The maximum absolute atomic E-state index is 9.16. The normalized spacial score (nSPS) is 15.4. The molecule has 1 N–H and O–H groups in total. The second-order valence-corrected chi connectivity index (χ2v) is 5.08. The Morgan fingerprint density at radius 3 is 1.63 bits per heavy atom. The smallest absolute Gasteiger partial charge is 0.115 e. The lowest BCUT2D eigenvalue weighted by Gasteiger charge is -2.21. The highest BCUT2D eigenvalue weighted by molar-refractivity contribution is 5.28. The SMILES string of the molecule is Oc1ccc(C2CCCCC2)cc1.c1ccccc1. The van der Waals surface area contributed by atoms with Crippen molar-refractivity contribution in [3.8, 4) is 5.75 Å². The van der Waals surface area contributed by atoms with Gasteiger partial charge in [0.1, 0.15) is 5.75 Å². The monoisotopic (exact) mass is 254 g/mol. The Hall–Kier alpha value is -1.76. The van der Waals surface area contributed by atoms with Crippen LogP contribution >= 0.6 is 0 Å². The van der Waals surface area contributed by atoms with Crippen LogP contribution in [0.2, 0.25) is 0 Å². The van der Waals surface area contributed by atoms with E-state index in [-0.39, 0.29) is 0 Å². The molecule has 0 radical (unpaired) electrons. The van der Waals surface area contributed by atoms with Gasteiger partial charge in [0.2, 0.25) is 0 Å². The second-order valence-electron chi connectivity index (χ2n) is 5.08. The van der Waals surface area contributed by atoms with Crippen molar-refractivity contribution in [1.82, 2.24) is 0 Å². The van der Waals surface area contributed by atoms with Gasteiger partial charge < -0.3 is 5.11 Å². The van der Waals surface area contributed by atoms with Crippen molar-refractivity contribution < 1.29 is 5.11 Å². The van der Waals surface area contributed by atoms with Gasteiger partial charge in [-0.2, -0.15) is 0 Å². The van der Waals surface area contributed by atoms with E-state index in [1.165, 1.54) is 37.7 Å². The molecule has 1 fully saturated rings. The predicted molar refractivity (Wildman–Crippen MR) is 80.4 cm³/mol. The summed E-state index contributed by atoms with van der Waals surface area (Å²) in [5, 5.41) is 9.16. The Morgan fingerprint density at radius 1 is 0.684 bits per heavy atom. The number of phenolic OH excluding ortho intramolecular Hbond substituents is 1. The zero-order valence-corrected chi connectivity index (χ0v) is 11.3. The van der Waals surface area contributed by atoms with Gasteiger partial charge in [0.15, 0.2) is 0 Å². The topological polar surface area (TPSA) is 20.2 Å². The Balaban J connectivity index is 0.000000186. The lowest BCUT2D eigenvalue weighted by atomic mass is 9.84. The molecule has 1 saturated carbocycles. The molecule has 0 saturated heterocycles. The fraction of sp³-hybridized carbons (Fsp3) is 0.333. The molecule has 0 unspecified atom stereocenters. The van der Waals surface area contributed by atoms with Gasteiger partial charge in [-0.25, -0.2) is 0 Å². The van der Waals surface area contributed by atoms with Crippen LogP contribution in [0.3, 0.4) is 0 Å². The van der Waals surface area contributed by atoms with E-state index in [2.05, 4.69) is 12.1 Å². The van der Waals surface area contributed by atoms with Gasteiger partial charge in [0, 0.05) is 0 Å². The van der Waals surface area contributed by atoms with Crippen molar-refractivity contribution in [3.63, 3.8) is 0 Å². The van der Waals surface area contributed by atoms with Crippen molar-refractivity contribution in [3.05, 3.63) is 66.2 Å². The molecule has 0 heterocycles. The fourth-order valence-corrected chi connectivity index (χ4v) is 2.57. The third-order valence-electron chi connectivity index (χ3n) is 3.64. The molecule has 0 spiro atoms. The number of rotatable bonds is 1. The molecule has 1 heteroatoms. The number of hydrogen-bond acceptors (Lipinski definition) is 1. The van der Waals surface area contributed by atoms with Crippen LogP contribution < -0.4 is 0 Å². The quantitative estimate of drug-likeness (QED) is 0.748. The minimum atomic E-state index is 0.375. The summed E-state index contributed by atoms with van der Waals surface area (Å²) in [4.78, 5) is 0. The summed E-state index contributed by atoms with van der Waals surface area (Å²) in [5.41, 5.74) is 1.40. The minimum Gasteiger partial charge on any atom is -0.508 e. The summed E-state index contributed by atoms with van der Waals surface area (Å²) in [6.07, 6.45) is 6.78. The lowest BCUT2D eigenvalue weighted by molar-refractivity contribution is 0.442. The average Bonchev–Trinajstić information content (AvgIpc) is 2.51. The summed E-state index contributed by atoms with van der Waals surface area (Å²) < 4.78 is 0. The van der Waals surface area contributed by atoms with Crippen molar-refractivity contribution in [2.24, 2.45) is 0 Å². The molecule has 0 atom stereocenters. The summed E-state index contributed by atoms with van der Waals surface area (Å²) >= 11 is 0. The molecule has 0 aliphatic heterocycles. The Morgan fingerprint density at radius 2 is 1.16 bits per heavy atom. The molecule has 1 nitrogen and oxygen atoms in total. The van der Waals surface area contributed by atoms with Gasteiger partial charge in [-0.1, -0.05) is 67.8 Å². The fourth-order valence-electron chi connectivity index (χ4n) is 2.57. The zero-order chi connectivity index (χ0) is 13.3. The molecule has 1 aliphatic carbocycles. The van der Waals surface area contributed by atoms with Gasteiger partial charge in [0.05, 0.1) is 0 Å². The number of hydrogen-bond donors (Lipinski definition) is 1. The maximum Gasteiger partial charge on any atom is 0.115 e. The van der Waals surface area contributed by atoms with Gasteiger partial charge in [-0.05, 0) is 36.5 Å². The summed E-state index contributed by atoms with van der Waals surface area (Å²) in [6, 6.07) is 19.7. The summed E-state index contributed by atoms with van der Waals surface area (Å²) in [6.45, 7) is 0. The third kappa shape index (κ3) is 4.78. The molecule has 0 bridgehead atoms. The van der Waals surface area contributed by atoms with Crippen LogP contribution in [0.1, 0.15) is 43.6 Å². The number of phenols is 1. The molecule has 100 valence electrons. The Bertz CT molecular complexity index is 414. The number of benzene rings is 2.